The number of nitrogens with zero attached hydrogens (tertiary/aromatic N) is 1. The Balaban J connectivity index is 2.35. The van der Waals surface area contributed by atoms with Crippen molar-refractivity contribution in [1.82, 2.24) is 4.98 Å². The van der Waals surface area contributed by atoms with Crippen molar-refractivity contribution in [2.24, 2.45) is 0 Å². The normalized spacial score (nSPS) is 10.3. The number of benzene rings is 1. The Bertz CT molecular complexity index is 565. The molecule has 17 heavy (non-hydrogen) atoms. The lowest BCUT2D eigenvalue weighted by Gasteiger charge is -2.08. The van der Waals surface area contributed by atoms with Gasteiger partial charge in [0.2, 0.25) is 5.88 Å². The van der Waals surface area contributed by atoms with Crippen LogP contribution < -0.4 is 10.5 Å². The number of ether oxygens (including phenoxy) is 1. The number of nitrogen functional groups attached to an aromatic ring is 1. The predicted octanol–water partition coefficient (Wildman–Crippen LogP) is 4.01. The Morgan fingerprint density at radius 1 is 1.41 bits per heavy atom. The van der Waals surface area contributed by atoms with Gasteiger partial charge in [0, 0.05) is 10.7 Å². The van der Waals surface area contributed by atoms with E-state index in [2.05, 4.69) is 20.9 Å². The molecule has 6 heteroatoms. The summed E-state index contributed by atoms with van der Waals surface area (Å²) in [7, 11) is 0. The maximum Gasteiger partial charge on any atom is 0.242 e. The van der Waals surface area contributed by atoms with Crippen LogP contribution in [0.5, 0.6) is 11.6 Å². The van der Waals surface area contributed by atoms with Crippen molar-refractivity contribution in [3.63, 3.8) is 0 Å². The molecular weight excluding hydrogens is 310 g/mol. The van der Waals surface area contributed by atoms with Crippen molar-refractivity contribution in [2.75, 3.05) is 5.73 Å². The van der Waals surface area contributed by atoms with Crippen LogP contribution in [0.3, 0.4) is 0 Å². The summed E-state index contributed by atoms with van der Waals surface area (Å²) in [5, 5.41) is -0.0156. The lowest BCUT2D eigenvalue weighted by molar-refractivity contribution is 0.429. The highest BCUT2D eigenvalue weighted by molar-refractivity contribution is 9.10. The van der Waals surface area contributed by atoms with Crippen LogP contribution in [0.1, 0.15) is 0 Å². The van der Waals surface area contributed by atoms with Crippen LogP contribution in [0.15, 0.2) is 34.9 Å². The molecule has 0 saturated heterocycles. The zero-order chi connectivity index (χ0) is 12.4. The third-order valence-corrected chi connectivity index (χ3v) is 2.69. The molecule has 0 amide bonds. The number of pyridine rings is 1. The molecule has 0 spiro atoms. The van der Waals surface area contributed by atoms with Gasteiger partial charge in [-0.1, -0.05) is 17.7 Å². The van der Waals surface area contributed by atoms with Crippen LogP contribution in [-0.2, 0) is 0 Å². The molecule has 88 valence electrons. The van der Waals surface area contributed by atoms with Gasteiger partial charge in [-0.25, -0.2) is 9.37 Å². The Labute approximate surface area is 110 Å². The number of rotatable bonds is 2. The van der Waals surface area contributed by atoms with Crippen molar-refractivity contribution in [1.29, 1.82) is 0 Å². The van der Waals surface area contributed by atoms with Gasteiger partial charge in [0.1, 0.15) is 0 Å². The first-order chi connectivity index (χ1) is 8.08. The summed E-state index contributed by atoms with van der Waals surface area (Å²) in [6.07, 6.45) is 1.51. The molecule has 1 heterocycles. The van der Waals surface area contributed by atoms with Crippen LogP contribution in [0, 0.1) is 5.82 Å². The Hall–Kier alpha value is -1.33. The summed E-state index contributed by atoms with van der Waals surface area (Å²) in [6.45, 7) is 0. The molecule has 2 N–H and O–H groups in total. The fraction of sp³-hybridized carbons (Fsp3) is 0. The predicted molar refractivity (Wildman–Crippen MR) is 67.8 cm³/mol. The van der Waals surface area contributed by atoms with Crippen molar-refractivity contribution in [3.05, 3.63) is 45.8 Å². The van der Waals surface area contributed by atoms with Gasteiger partial charge in [-0.15, -0.1) is 0 Å². The summed E-state index contributed by atoms with van der Waals surface area (Å²) in [6, 6.07) is 6.08. The van der Waals surface area contributed by atoms with E-state index in [1.54, 1.807) is 12.1 Å². The van der Waals surface area contributed by atoms with Crippen LogP contribution >= 0.6 is 27.5 Å². The fourth-order valence-corrected chi connectivity index (χ4v) is 1.71. The van der Waals surface area contributed by atoms with Gasteiger partial charge in [-0.3, -0.25) is 0 Å². The maximum absolute atomic E-state index is 13.6. The number of hydrogen-bond donors (Lipinski definition) is 1. The molecule has 0 aliphatic heterocycles. The van der Waals surface area contributed by atoms with Crippen molar-refractivity contribution >= 4 is 33.2 Å². The first kappa shape index (κ1) is 12.1. The van der Waals surface area contributed by atoms with Gasteiger partial charge >= 0.3 is 0 Å². The van der Waals surface area contributed by atoms with Gasteiger partial charge in [-0.05, 0) is 34.1 Å². The number of nitrogens with two attached hydrogens (primary N) is 1. The lowest BCUT2D eigenvalue weighted by Crippen LogP contribution is -1.96. The largest absolute Gasteiger partial charge is 0.434 e. The molecule has 3 nitrogen and oxygen atoms in total. The van der Waals surface area contributed by atoms with Crippen LogP contribution in [-0.4, -0.2) is 4.98 Å². The molecule has 0 aliphatic rings. The zero-order valence-electron chi connectivity index (χ0n) is 8.45. The Morgan fingerprint density at radius 2 is 2.18 bits per heavy atom. The summed E-state index contributed by atoms with van der Waals surface area (Å²) < 4.78 is 19.5. The average molecular weight is 318 g/mol. The first-order valence-electron chi connectivity index (χ1n) is 4.61. The molecule has 2 rings (SSSR count). The summed E-state index contributed by atoms with van der Waals surface area (Å²) in [4.78, 5) is 3.94. The van der Waals surface area contributed by atoms with E-state index in [1.165, 1.54) is 18.3 Å². The maximum atomic E-state index is 13.6. The van der Waals surface area contributed by atoms with Gasteiger partial charge < -0.3 is 10.5 Å². The summed E-state index contributed by atoms with van der Waals surface area (Å²) >= 11 is 8.85. The topological polar surface area (TPSA) is 48.1 Å². The number of halogens is 3. The molecule has 0 radical (unpaired) electrons. The van der Waals surface area contributed by atoms with E-state index in [9.17, 15) is 4.39 Å². The van der Waals surface area contributed by atoms with E-state index in [0.717, 1.165) is 0 Å². The molecule has 1 aromatic carbocycles. The standard InChI is InChI=1S/C11H7BrClFN2O/c12-6-4-8(15)11(16-5-6)17-9-3-1-2-7(13)10(9)14/h1-5H,15H2. The third kappa shape index (κ3) is 2.68. The quantitative estimate of drug-likeness (QED) is 0.910. The summed E-state index contributed by atoms with van der Waals surface area (Å²) in [5.74, 6) is -0.522. The second kappa shape index (κ2) is 4.89. The van der Waals surface area contributed by atoms with E-state index in [4.69, 9.17) is 22.1 Å². The Morgan fingerprint density at radius 3 is 2.88 bits per heavy atom. The highest BCUT2D eigenvalue weighted by Crippen LogP contribution is 2.31. The van der Waals surface area contributed by atoms with Crippen molar-refractivity contribution < 1.29 is 9.13 Å². The highest BCUT2D eigenvalue weighted by atomic mass is 79.9. The number of anilines is 1. The molecule has 0 unspecified atom stereocenters. The molecule has 0 fully saturated rings. The second-order valence-electron chi connectivity index (χ2n) is 3.20. The molecule has 2 aromatic rings. The SMILES string of the molecule is Nc1cc(Br)cnc1Oc1cccc(Cl)c1F. The van der Waals surface area contributed by atoms with Crippen molar-refractivity contribution in [2.45, 2.75) is 0 Å². The van der Waals surface area contributed by atoms with E-state index >= 15 is 0 Å². The van der Waals surface area contributed by atoms with E-state index in [-0.39, 0.29) is 16.7 Å². The molecule has 1 aromatic heterocycles. The monoisotopic (exact) mass is 316 g/mol. The van der Waals surface area contributed by atoms with E-state index in [0.29, 0.717) is 10.2 Å². The molecule has 0 atom stereocenters. The molecule has 0 aliphatic carbocycles. The second-order valence-corrected chi connectivity index (χ2v) is 4.52. The van der Waals surface area contributed by atoms with Crippen molar-refractivity contribution in [3.8, 4) is 11.6 Å². The van der Waals surface area contributed by atoms with E-state index < -0.39 is 5.82 Å². The third-order valence-electron chi connectivity index (χ3n) is 1.97. The first-order valence-corrected chi connectivity index (χ1v) is 5.78. The zero-order valence-corrected chi connectivity index (χ0v) is 10.8. The summed E-state index contributed by atoms with van der Waals surface area (Å²) in [5.41, 5.74) is 5.99. The smallest absolute Gasteiger partial charge is 0.242 e. The molecule has 0 saturated carbocycles. The van der Waals surface area contributed by atoms with Gasteiger partial charge in [0.05, 0.1) is 10.7 Å². The molecule has 0 bridgehead atoms. The molecular formula is C11H7BrClFN2O. The number of hydrogen-bond acceptors (Lipinski definition) is 3. The van der Waals surface area contributed by atoms with E-state index in [1.807, 2.05) is 0 Å². The fourth-order valence-electron chi connectivity index (χ4n) is 1.19. The van der Waals surface area contributed by atoms with Gasteiger partial charge in [0.25, 0.3) is 0 Å². The van der Waals surface area contributed by atoms with Crippen LogP contribution in [0.25, 0.3) is 0 Å². The highest BCUT2D eigenvalue weighted by Gasteiger charge is 2.11. The van der Waals surface area contributed by atoms with Crippen LogP contribution in [0.4, 0.5) is 10.1 Å². The minimum Gasteiger partial charge on any atom is -0.434 e. The minimum atomic E-state index is -0.640. The Kier molecular flexibility index (Phi) is 3.49. The lowest BCUT2D eigenvalue weighted by atomic mass is 10.3. The minimum absolute atomic E-state index is 0.0148. The van der Waals surface area contributed by atoms with Crippen LogP contribution in [0.2, 0.25) is 5.02 Å². The van der Waals surface area contributed by atoms with Gasteiger partial charge in [-0.2, -0.15) is 0 Å². The number of aromatic nitrogens is 1. The van der Waals surface area contributed by atoms with Gasteiger partial charge in [0.15, 0.2) is 11.6 Å². The average Bonchev–Trinajstić information content (AvgIpc) is 2.28.